The molecule has 3 aromatic rings. The molecular weight excluding hydrogens is 306 g/mol. The molecule has 25 heavy (non-hydrogen) atoms. The predicted molar refractivity (Wildman–Crippen MR) is 100 cm³/mol. The second kappa shape index (κ2) is 7.04. The topological polar surface area (TPSA) is 29.1 Å². The number of nitrogens with one attached hydrogen (secondary N) is 1. The highest BCUT2D eigenvalue weighted by Crippen LogP contribution is 2.40. The summed E-state index contributed by atoms with van der Waals surface area (Å²) in [5.74, 6) is 0.149. The number of carbonyl (C=O) groups excluding carboxylic acids is 1. The lowest BCUT2D eigenvalue weighted by atomic mass is 9.77. The third-order valence-corrected chi connectivity index (χ3v) is 4.99. The molecule has 1 saturated heterocycles. The van der Waals surface area contributed by atoms with Gasteiger partial charge in [0, 0.05) is 18.5 Å². The van der Waals surface area contributed by atoms with Gasteiger partial charge in [-0.05, 0) is 16.7 Å². The Morgan fingerprint density at radius 1 is 0.640 bits per heavy atom. The summed E-state index contributed by atoms with van der Waals surface area (Å²) >= 11 is 0. The Labute approximate surface area is 148 Å². The summed E-state index contributed by atoms with van der Waals surface area (Å²) in [6, 6.07) is 30.7. The van der Waals surface area contributed by atoms with Crippen molar-refractivity contribution in [2.24, 2.45) is 0 Å². The fraction of sp³-hybridized carbons (Fsp3) is 0.174. The Balaban J connectivity index is 1.73. The second-order valence-corrected chi connectivity index (χ2v) is 6.58. The molecule has 0 aliphatic carbocycles. The molecule has 4 rings (SSSR count). The standard InChI is InChI=1S/C23H21NO/c25-21-16-20(17-10-4-1-5-11-17)24-23(19-14-8-3-9-15-19)22(21)18-12-6-2-7-13-18/h1-15,20,22-24H,16H2. The molecule has 124 valence electrons. The molecule has 0 amide bonds. The van der Waals surface area contributed by atoms with Crippen molar-refractivity contribution < 1.29 is 4.79 Å². The van der Waals surface area contributed by atoms with E-state index in [4.69, 9.17) is 0 Å². The highest BCUT2D eigenvalue weighted by Gasteiger charge is 2.38. The molecule has 2 nitrogen and oxygen atoms in total. The minimum Gasteiger partial charge on any atom is -0.302 e. The molecule has 3 atom stereocenters. The molecule has 0 aromatic heterocycles. The van der Waals surface area contributed by atoms with Gasteiger partial charge in [-0.25, -0.2) is 0 Å². The third kappa shape index (κ3) is 3.26. The number of rotatable bonds is 3. The first kappa shape index (κ1) is 15.8. The first-order valence-electron chi connectivity index (χ1n) is 8.76. The maximum Gasteiger partial charge on any atom is 0.144 e. The maximum absolute atomic E-state index is 13.1. The van der Waals surface area contributed by atoms with Gasteiger partial charge in [-0.2, -0.15) is 0 Å². The Hall–Kier alpha value is -2.71. The van der Waals surface area contributed by atoms with Crippen LogP contribution in [0.1, 0.15) is 41.1 Å². The van der Waals surface area contributed by atoms with Gasteiger partial charge < -0.3 is 5.32 Å². The predicted octanol–water partition coefficient (Wildman–Crippen LogP) is 4.82. The van der Waals surface area contributed by atoms with Gasteiger partial charge in [0.15, 0.2) is 0 Å². The lowest BCUT2D eigenvalue weighted by molar-refractivity contribution is -0.123. The molecule has 1 fully saturated rings. The summed E-state index contributed by atoms with van der Waals surface area (Å²) in [5, 5.41) is 3.74. The van der Waals surface area contributed by atoms with Gasteiger partial charge in [0.25, 0.3) is 0 Å². The van der Waals surface area contributed by atoms with Gasteiger partial charge >= 0.3 is 0 Å². The van der Waals surface area contributed by atoms with E-state index in [-0.39, 0.29) is 18.0 Å². The highest BCUT2D eigenvalue weighted by molar-refractivity contribution is 5.88. The van der Waals surface area contributed by atoms with Gasteiger partial charge in [-0.15, -0.1) is 0 Å². The molecule has 0 bridgehead atoms. The van der Waals surface area contributed by atoms with Crippen molar-refractivity contribution >= 4 is 5.78 Å². The van der Waals surface area contributed by atoms with Gasteiger partial charge in [-0.3, -0.25) is 4.79 Å². The maximum atomic E-state index is 13.1. The average molecular weight is 327 g/mol. The van der Waals surface area contributed by atoms with Crippen LogP contribution in [0.15, 0.2) is 91.0 Å². The fourth-order valence-electron chi connectivity index (χ4n) is 3.77. The third-order valence-electron chi connectivity index (χ3n) is 4.99. The molecule has 3 unspecified atom stereocenters. The lowest BCUT2D eigenvalue weighted by Crippen LogP contribution is -2.41. The zero-order chi connectivity index (χ0) is 17.1. The molecule has 0 spiro atoms. The van der Waals surface area contributed by atoms with Crippen LogP contribution in [0.4, 0.5) is 0 Å². The minimum absolute atomic E-state index is 0.0185. The van der Waals surface area contributed by atoms with E-state index < -0.39 is 0 Å². The zero-order valence-electron chi connectivity index (χ0n) is 14.0. The van der Waals surface area contributed by atoms with Crippen LogP contribution in [-0.4, -0.2) is 5.78 Å². The van der Waals surface area contributed by atoms with Crippen molar-refractivity contribution in [3.63, 3.8) is 0 Å². The van der Waals surface area contributed by atoms with E-state index >= 15 is 0 Å². The molecule has 1 aliphatic heterocycles. The fourth-order valence-corrected chi connectivity index (χ4v) is 3.77. The molecular formula is C23H21NO. The lowest BCUT2D eigenvalue weighted by Gasteiger charge is -2.37. The van der Waals surface area contributed by atoms with E-state index in [0.29, 0.717) is 12.2 Å². The van der Waals surface area contributed by atoms with Crippen LogP contribution in [0.25, 0.3) is 0 Å². The SMILES string of the molecule is O=C1CC(c2ccccc2)NC(c2ccccc2)C1c1ccccc1. The van der Waals surface area contributed by atoms with Gasteiger partial charge in [0.1, 0.15) is 5.78 Å². The van der Waals surface area contributed by atoms with E-state index in [1.807, 2.05) is 54.6 Å². The van der Waals surface area contributed by atoms with Crippen molar-refractivity contribution in [3.8, 4) is 0 Å². The normalized spacial score (nSPS) is 23.4. The van der Waals surface area contributed by atoms with E-state index in [2.05, 4.69) is 41.7 Å². The molecule has 1 heterocycles. The van der Waals surface area contributed by atoms with Crippen molar-refractivity contribution in [3.05, 3.63) is 108 Å². The number of hydrogen-bond donors (Lipinski definition) is 1. The van der Waals surface area contributed by atoms with Crippen LogP contribution in [0.5, 0.6) is 0 Å². The van der Waals surface area contributed by atoms with Crippen LogP contribution in [0.2, 0.25) is 0 Å². The Kier molecular flexibility index (Phi) is 4.45. The van der Waals surface area contributed by atoms with Gasteiger partial charge in [0.2, 0.25) is 0 Å². The highest BCUT2D eigenvalue weighted by atomic mass is 16.1. The molecule has 2 heteroatoms. The van der Waals surface area contributed by atoms with E-state index in [1.54, 1.807) is 0 Å². The van der Waals surface area contributed by atoms with Gasteiger partial charge in [-0.1, -0.05) is 91.0 Å². The van der Waals surface area contributed by atoms with Crippen LogP contribution < -0.4 is 5.32 Å². The smallest absolute Gasteiger partial charge is 0.144 e. The van der Waals surface area contributed by atoms with Crippen LogP contribution in [0.3, 0.4) is 0 Å². The molecule has 1 N–H and O–H groups in total. The summed E-state index contributed by atoms with van der Waals surface area (Å²) in [7, 11) is 0. The van der Waals surface area contributed by atoms with Crippen molar-refractivity contribution in [1.82, 2.24) is 5.32 Å². The Morgan fingerprint density at radius 2 is 1.12 bits per heavy atom. The summed E-state index contributed by atoms with van der Waals surface area (Å²) in [5.41, 5.74) is 3.41. The van der Waals surface area contributed by atoms with Crippen molar-refractivity contribution in [2.75, 3.05) is 0 Å². The second-order valence-electron chi connectivity index (χ2n) is 6.58. The first-order chi connectivity index (χ1) is 12.3. The average Bonchev–Trinajstić information content (AvgIpc) is 2.69. The summed E-state index contributed by atoms with van der Waals surface area (Å²) in [6.07, 6.45) is 0.521. The number of Topliss-reactive ketones (excluding diaryl/α,β-unsaturated/α-hetero) is 1. The number of benzene rings is 3. The van der Waals surface area contributed by atoms with E-state index in [1.165, 1.54) is 5.56 Å². The van der Waals surface area contributed by atoms with Crippen LogP contribution in [-0.2, 0) is 4.79 Å². The van der Waals surface area contributed by atoms with E-state index in [0.717, 1.165) is 11.1 Å². The van der Waals surface area contributed by atoms with Crippen molar-refractivity contribution in [2.45, 2.75) is 24.4 Å². The molecule has 1 aliphatic rings. The van der Waals surface area contributed by atoms with Crippen LogP contribution >= 0.6 is 0 Å². The molecule has 0 radical (unpaired) electrons. The minimum atomic E-state index is -0.149. The summed E-state index contributed by atoms with van der Waals surface area (Å²) < 4.78 is 0. The summed E-state index contributed by atoms with van der Waals surface area (Å²) in [4.78, 5) is 13.1. The quantitative estimate of drug-likeness (QED) is 0.747. The number of piperidine rings is 1. The largest absolute Gasteiger partial charge is 0.302 e. The van der Waals surface area contributed by atoms with Gasteiger partial charge in [0.05, 0.1) is 5.92 Å². The number of carbonyl (C=O) groups is 1. The number of ketones is 1. The Bertz CT molecular complexity index is 830. The van der Waals surface area contributed by atoms with Crippen molar-refractivity contribution in [1.29, 1.82) is 0 Å². The van der Waals surface area contributed by atoms with Crippen LogP contribution in [0, 0.1) is 0 Å². The molecule has 0 saturated carbocycles. The Morgan fingerprint density at radius 3 is 1.68 bits per heavy atom. The van der Waals surface area contributed by atoms with E-state index in [9.17, 15) is 4.79 Å². The molecule has 3 aromatic carbocycles. The monoisotopic (exact) mass is 327 g/mol. The number of hydrogen-bond acceptors (Lipinski definition) is 2. The first-order valence-corrected chi connectivity index (χ1v) is 8.76. The summed E-state index contributed by atoms with van der Waals surface area (Å²) in [6.45, 7) is 0. The zero-order valence-corrected chi connectivity index (χ0v) is 14.0.